The standard InChI is InChI=1S/C20H25N3O4/c1-26-13-11-23(20(25)17-9-5-12-27-17)18(15-6-4-10-21-14-15)19(24)22-16-7-2-3-8-16/h4-6,9-10,12,14,16,18H,2-3,7-8,11,13H2,1H3,(H,22,24). The molecule has 27 heavy (non-hydrogen) atoms. The van der Waals surface area contributed by atoms with E-state index < -0.39 is 6.04 Å². The molecule has 1 saturated carbocycles. The van der Waals surface area contributed by atoms with Crippen molar-refractivity contribution in [3.05, 3.63) is 54.2 Å². The second kappa shape index (κ2) is 9.32. The van der Waals surface area contributed by atoms with Gasteiger partial charge >= 0.3 is 0 Å². The lowest BCUT2D eigenvalue weighted by Gasteiger charge is -2.31. The zero-order chi connectivity index (χ0) is 19.1. The first kappa shape index (κ1) is 19.1. The Balaban J connectivity index is 1.91. The van der Waals surface area contributed by atoms with Gasteiger partial charge in [0.15, 0.2) is 5.76 Å². The van der Waals surface area contributed by atoms with Gasteiger partial charge in [0.2, 0.25) is 5.91 Å². The van der Waals surface area contributed by atoms with Crippen molar-refractivity contribution in [1.29, 1.82) is 0 Å². The van der Waals surface area contributed by atoms with E-state index in [1.165, 1.54) is 11.2 Å². The Morgan fingerprint density at radius 2 is 2.15 bits per heavy atom. The van der Waals surface area contributed by atoms with Crippen LogP contribution in [-0.2, 0) is 9.53 Å². The lowest BCUT2D eigenvalue weighted by Crippen LogP contribution is -2.47. The van der Waals surface area contributed by atoms with E-state index in [1.807, 2.05) is 0 Å². The Labute approximate surface area is 158 Å². The number of pyridine rings is 1. The molecule has 0 spiro atoms. The number of ether oxygens (including phenoxy) is 1. The van der Waals surface area contributed by atoms with E-state index in [0.29, 0.717) is 12.2 Å². The van der Waals surface area contributed by atoms with E-state index in [0.717, 1.165) is 25.7 Å². The Morgan fingerprint density at radius 1 is 1.33 bits per heavy atom. The van der Waals surface area contributed by atoms with Gasteiger partial charge in [-0.2, -0.15) is 0 Å². The highest BCUT2D eigenvalue weighted by atomic mass is 16.5. The van der Waals surface area contributed by atoms with Crippen molar-refractivity contribution in [3.8, 4) is 0 Å². The minimum Gasteiger partial charge on any atom is -0.459 e. The highest BCUT2D eigenvalue weighted by Gasteiger charge is 2.34. The van der Waals surface area contributed by atoms with Gasteiger partial charge in [-0.3, -0.25) is 14.6 Å². The van der Waals surface area contributed by atoms with Gasteiger partial charge in [-0.05, 0) is 31.0 Å². The maximum Gasteiger partial charge on any atom is 0.290 e. The molecule has 2 aromatic heterocycles. The van der Waals surface area contributed by atoms with Crippen molar-refractivity contribution in [3.63, 3.8) is 0 Å². The molecule has 1 atom stereocenters. The first-order chi connectivity index (χ1) is 13.2. The molecule has 0 saturated heterocycles. The zero-order valence-corrected chi connectivity index (χ0v) is 15.5. The summed E-state index contributed by atoms with van der Waals surface area (Å²) >= 11 is 0. The number of rotatable bonds is 8. The molecule has 2 heterocycles. The summed E-state index contributed by atoms with van der Waals surface area (Å²) in [7, 11) is 1.56. The van der Waals surface area contributed by atoms with Gasteiger partial charge in [0.25, 0.3) is 5.91 Å². The van der Waals surface area contributed by atoms with Gasteiger partial charge in [0.1, 0.15) is 6.04 Å². The molecule has 7 nitrogen and oxygen atoms in total. The highest BCUT2D eigenvalue weighted by molar-refractivity contribution is 5.96. The summed E-state index contributed by atoms with van der Waals surface area (Å²) in [5.74, 6) is -0.368. The molecular formula is C20H25N3O4. The Bertz CT molecular complexity index is 727. The topological polar surface area (TPSA) is 84.7 Å². The average molecular weight is 371 g/mol. The molecular weight excluding hydrogens is 346 g/mol. The quantitative estimate of drug-likeness (QED) is 0.771. The first-order valence-electron chi connectivity index (χ1n) is 9.24. The molecule has 1 N–H and O–H groups in total. The Kier molecular flexibility index (Phi) is 6.59. The number of carbonyl (C=O) groups is 2. The molecule has 0 radical (unpaired) electrons. The minimum atomic E-state index is -0.799. The molecule has 3 rings (SSSR count). The average Bonchev–Trinajstić information content (AvgIpc) is 3.39. The van der Waals surface area contributed by atoms with Crippen molar-refractivity contribution >= 4 is 11.8 Å². The largest absolute Gasteiger partial charge is 0.459 e. The third-order valence-electron chi connectivity index (χ3n) is 4.79. The molecule has 0 aromatic carbocycles. The van der Waals surface area contributed by atoms with Crippen molar-refractivity contribution < 1.29 is 18.7 Å². The molecule has 0 bridgehead atoms. The SMILES string of the molecule is COCCN(C(=O)c1ccco1)C(C(=O)NC1CCCC1)c1cccnc1. The van der Waals surface area contributed by atoms with Crippen LogP contribution < -0.4 is 5.32 Å². The lowest BCUT2D eigenvalue weighted by atomic mass is 10.0. The predicted molar refractivity (Wildman–Crippen MR) is 99.0 cm³/mol. The van der Waals surface area contributed by atoms with E-state index >= 15 is 0 Å². The number of carbonyl (C=O) groups excluding carboxylic acids is 2. The van der Waals surface area contributed by atoms with Crippen LogP contribution in [0.4, 0.5) is 0 Å². The van der Waals surface area contributed by atoms with Crippen molar-refractivity contribution in [2.24, 2.45) is 0 Å². The lowest BCUT2D eigenvalue weighted by molar-refractivity contribution is -0.126. The third kappa shape index (κ3) is 4.74. The molecule has 1 unspecified atom stereocenters. The van der Waals surface area contributed by atoms with Gasteiger partial charge in [0, 0.05) is 37.7 Å². The summed E-state index contributed by atoms with van der Waals surface area (Å²) in [4.78, 5) is 31.8. The second-order valence-corrected chi connectivity index (χ2v) is 6.65. The van der Waals surface area contributed by atoms with Crippen LogP contribution in [0, 0.1) is 0 Å². The van der Waals surface area contributed by atoms with E-state index in [1.54, 1.807) is 43.8 Å². The fourth-order valence-electron chi connectivity index (χ4n) is 3.44. The molecule has 7 heteroatoms. The summed E-state index contributed by atoms with van der Waals surface area (Å²) in [6, 6.07) is 6.17. The smallest absolute Gasteiger partial charge is 0.290 e. The molecule has 2 aromatic rings. The van der Waals surface area contributed by atoms with Gasteiger partial charge in [-0.25, -0.2) is 0 Å². The van der Waals surface area contributed by atoms with E-state index in [-0.39, 0.29) is 30.2 Å². The minimum absolute atomic E-state index is 0.152. The monoisotopic (exact) mass is 371 g/mol. The van der Waals surface area contributed by atoms with Crippen LogP contribution in [0.15, 0.2) is 47.3 Å². The molecule has 1 aliphatic rings. The molecule has 1 fully saturated rings. The molecule has 144 valence electrons. The number of nitrogens with zero attached hydrogens (tertiary/aromatic N) is 2. The highest BCUT2D eigenvalue weighted by Crippen LogP contribution is 2.25. The van der Waals surface area contributed by atoms with Gasteiger partial charge < -0.3 is 19.4 Å². The third-order valence-corrected chi connectivity index (χ3v) is 4.79. The number of nitrogens with one attached hydrogen (secondary N) is 1. The molecule has 1 aliphatic carbocycles. The first-order valence-corrected chi connectivity index (χ1v) is 9.24. The van der Waals surface area contributed by atoms with Crippen LogP contribution >= 0.6 is 0 Å². The van der Waals surface area contributed by atoms with Crippen LogP contribution in [-0.4, -0.2) is 48.0 Å². The number of amides is 2. The van der Waals surface area contributed by atoms with E-state index in [9.17, 15) is 9.59 Å². The molecule has 0 aliphatic heterocycles. The number of aromatic nitrogens is 1. The maximum atomic E-state index is 13.2. The maximum absolute atomic E-state index is 13.2. The van der Waals surface area contributed by atoms with Crippen LogP contribution in [0.5, 0.6) is 0 Å². The van der Waals surface area contributed by atoms with Gasteiger partial charge in [-0.1, -0.05) is 18.9 Å². The predicted octanol–water partition coefficient (Wildman–Crippen LogP) is 2.56. The van der Waals surface area contributed by atoms with E-state index in [4.69, 9.17) is 9.15 Å². The summed E-state index contributed by atoms with van der Waals surface area (Å²) in [6.45, 7) is 0.563. The fourth-order valence-corrected chi connectivity index (χ4v) is 3.44. The summed E-state index contributed by atoms with van der Waals surface area (Å²) in [6.07, 6.45) is 8.87. The van der Waals surface area contributed by atoms with Crippen molar-refractivity contribution in [2.75, 3.05) is 20.3 Å². The van der Waals surface area contributed by atoms with Crippen LogP contribution in [0.3, 0.4) is 0 Å². The number of hydrogen-bond donors (Lipinski definition) is 1. The van der Waals surface area contributed by atoms with E-state index in [2.05, 4.69) is 10.3 Å². The Morgan fingerprint density at radius 3 is 2.78 bits per heavy atom. The molecule has 2 amide bonds. The summed E-state index contributed by atoms with van der Waals surface area (Å²) in [5.41, 5.74) is 0.656. The Hall–Kier alpha value is -2.67. The van der Waals surface area contributed by atoms with Crippen molar-refractivity contribution in [2.45, 2.75) is 37.8 Å². The number of hydrogen-bond acceptors (Lipinski definition) is 5. The van der Waals surface area contributed by atoms with Gasteiger partial charge in [0.05, 0.1) is 12.9 Å². The van der Waals surface area contributed by atoms with Crippen molar-refractivity contribution in [1.82, 2.24) is 15.2 Å². The summed E-state index contributed by atoms with van der Waals surface area (Å²) < 4.78 is 10.4. The van der Waals surface area contributed by atoms with Crippen LogP contribution in [0.2, 0.25) is 0 Å². The fraction of sp³-hybridized carbons (Fsp3) is 0.450. The van der Waals surface area contributed by atoms with Gasteiger partial charge in [-0.15, -0.1) is 0 Å². The summed E-state index contributed by atoms with van der Waals surface area (Å²) in [5, 5.41) is 3.10. The normalized spacial score (nSPS) is 15.4. The van der Waals surface area contributed by atoms with Crippen LogP contribution in [0.1, 0.15) is 47.8 Å². The number of methoxy groups -OCH3 is 1. The number of furan rings is 1. The zero-order valence-electron chi connectivity index (χ0n) is 15.5. The second-order valence-electron chi connectivity index (χ2n) is 6.65. The van der Waals surface area contributed by atoms with Crippen LogP contribution in [0.25, 0.3) is 0 Å².